The van der Waals surface area contributed by atoms with Gasteiger partial charge in [-0.05, 0) is 19.3 Å². The highest BCUT2D eigenvalue weighted by molar-refractivity contribution is 5.38. The van der Waals surface area contributed by atoms with Crippen LogP contribution in [0.4, 0.5) is 11.6 Å². The van der Waals surface area contributed by atoms with Gasteiger partial charge in [0, 0.05) is 12.6 Å². The van der Waals surface area contributed by atoms with Gasteiger partial charge in [-0.2, -0.15) is 0 Å². The molecule has 1 saturated heterocycles. The van der Waals surface area contributed by atoms with Crippen LogP contribution in [0.15, 0.2) is 12.4 Å². The fourth-order valence-corrected chi connectivity index (χ4v) is 2.34. The van der Waals surface area contributed by atoms with Gasteiger partial charge in [0.25, 0.3) is 0 Å². The van der Waals surface area contributed by atoms with E-state index in [9.17, 15) is 0 Å². The molecule has 2 heterocycles. The van der Waals surface area contributed by atoms with Gasteiger partial charge >= 0.3 is 0 Å². The first-order valence-corrected chi connectivity index (χ1v) is 6.15. The lowest BCUT2D eigenvalue weighted by Crippen LogP contribution is -2.35. The van der Waals surface area contributed by atoms with Crippen molar-refractivity contribution >= 4 is 11.6 Å². The molecular weight excluding hydrogens is 200 g/mol. The SMILES string of the molecule is CCC1CCCCCN1c1ncc(N)cn1. The second-order valence-electron chi connectivity index (χ2n) is 4.42. The van der Waals surface area contributed by atoms with E-state index in [1.165, 1.54) is 25.7 Å². The van der Waals surface area contributed by atoms with Crippen LogP contribution in [0.3, 0.4) is 0 Å². The van der Waals surface area contributed by atoms with Crippen LogP contribution in [-0.2, 0) is 0 Å². The molecule has 0 bridgehead atoms. The third-order valence-corrected chi connectivity index (χ3v) is 3.26. The monoisotopic (exact) mass is 220 g/mol. The topological polar surface area (TPSA) is 55.0 Å². The van der Waals surface area contributed by atoms with E-state index in [1.54, 1.807) is 12.4 Å². The summed E-state index contributed by atoms with van der Waals surface area (Å²) in [5.41, 5.74) is 6.24. The molecule has 0 spiro atoms. The van der Waals surface area contributed by atoms with Crippen LogP contribution in [0.25, 0.3) is 0 Å². The van der Waals surface area contributed by atoms with Crippen LogP contribution < -0.4 is 10.6 Å². The highest BCUT2D eigenvalue weighted by Gasteiger charge is 2.21. The Labute approximate surface area is 96.9 Å². The zero-order chi connectivity index (χ0) is 11.4. The molecule has 1 aliphatic heterocycles. The Morgan fingerprint density at radius 2 is 2.06 bits per heavy atom. The van der Waals surface area contributed by atoms with E-state index in [1.807, 2.05) is 0 Å². The van der Waals surface area contributed by atoms with Crippen LogP contribution in [0.5, 0.6) is 0 Å². The second kappa shape index (κ2) is 5.14. The number of anilines is 2. The standard InChI is InChI=1S/C12H20N4/c1-2-11-6-4-3-5-7-16(11)12-14-8-10(13)9-15-12/h8-9,11H,2-7,13H2,1H3. The van der Waals surface area contributed by atoms with E-state index in [-0.39, 0.29) is 0 Å². The molecule has 0 aliphatic carbocycles. The average molecular weight is 220 g/mol. The fourth-order valence-electron chi connectivity index (χ4n) is 2.34. The third-order valence-electron chi connectivity index (χ3n) is 3.26. The summed E-state index contributed by atoms with van der Waals surface area (Å²) < 4.78 is 0. The first kappa shape index (κ1) is 11.2. The predicted octanol–water partition coefficient (Wildman–Crippen LogP) is 2.22. The van der Waals surface area contributed by atoms with Gasteiger partial charge in [-0.25, -0.2) is 9.97 Å². The van der Waals surface area contributed by atoms with Gasteiger partial charge < -0.3 is 10.6 Å². The Bertz CT molecular complexity index is 322. The second-order valence-corrected chi connectivity index (χ2v) is 4.42. The Morgan fingerprint density at radius 1 is 1.31 bits per heavy atom. The summed E-state index contributed by atoms with van der Waals surface area (Å²) in [5, 5.41) is 0. The third kappa shape index (κ3) is 2.43. The predicted molar refractivity (Wildman–Crippen MR) is 66.3 cm³/mol. The maximum Gasteiger partial charge on any atom is 0.225 e. The van der Waals surface area contributed by atoms with Gasteiger partial charge in [0.1, 0.15) is 0 Å². The van der Waals surface area contributed by atoms with E-state index in [0.29, 0.717) is 11.7 Å². The molecule has 16 heavy (non-hydrogen) atoms. The Kier molecular flexibility index (Phi) is 3.59. The normalized spacial score (nSPS) is 21.8. The molecule has 1 aromatic rings. The van der Waals surface area contributed by atoms with Crippen molar-refractivity contribution in [3.05, 3.63) is 12.4 Å². The first-order valence-electron chi connectivity index (χ1n) is 6.15. The summed E-state index contributed by atoms with van der Waals surface area (Å²) in [6.07, 6.45) is 9.69. The van der Waals surface area contributed by atoms with Crippen molar-refractivity contribution in [1.82, 2.24) is 9.97 Å². The molecule has 4 heteroatoms. The number of nitrogens with zero attached hydrogens (tertiary/aromatic N) is 3. The molecule has 1 aromatic heterocycles. The summed E-state index contributed by atoms with van der Waals surface area (Å²) in [5.74, 6) is 0.836. The molecule has 0 radical (unpaired) electrons. The lowest BCUT2D eigenvalue weighted by molar-refractivity contribution is 0.547. The molecule has 1 atom stereocenters. The molecule has 0 amide bonds. The summed E-state index contributed by atoms with van der Waals surface area (Å²) in [6, 6.07) is 0.589. The quantitative estimate of drug-likeness (QED) is 0.830. The highest BCUT2D eigenvalue weighted by Crippen LogP contribution is 2.22. The minimum absolute atomic E-state index is 0.589. The summed E-state index contributed by atoms with van der Waals surface area (Å²) in [6.45, 7) is 3.31. The van der Waals surface area contributed by atoms with Gasteiger partial charge in [-0.15, -0.1) is 0 Å². The maximum absolute atomic E-state index is 5.61. The van der Waals surface area contributed by atoms with E-state index >= 15 is 0 Å². The fraction of sp³-hybridized carbons (Fsp3) is 0.667. The van der Waals surface area contributed by atoms with E-state index < -0.39 is 0 Å². The lowest BCUT2D eigenvalue weighted by Gasteiger charge is -2.29. The molecule has 2 N–H and O–H groups in total. The minimum atomic E-state index is 0.589. The minimum Gasteiger partial charge on any atom is -0.396 e. The van der Waals surface area contributed by atoms with Crippen molar-refractivity contribution in [1.29, 1.82) is 0 Å². The van der Waals surface area contributed by atoms with E-state index in [0.717, 1.165) is 18.9 Å². The summed E-state index contributed by atoms with van der Waals surface area (Å²) in [4.78, 5) is 11.0. The molecule has 0 aromatic carbocycles. The first-order chi connectivity index (χ1) is 7.81. The Morgan fingerprint density at radius 3 is 2.75 bits per heavy atom. The molecule has 1 fully saturated rings. The smallest absolute Gasteiger partial charge is 0.225 e. The van der Waals surface area contributed by atoms with Crippen molar-refractivity contribution in [3.8, 4) is 0 Å². The largest absolute Gasteiger partial charge is 0.396 e. The van der Waals surface area contributed by atoms with Crippen molar-refractivity contribution < 1.29 is 0 Å². The molecule has 1 unspecified atom stereocenters. The Hall–Kier alpha value is -1.32. The van der Waals surface area contributed by atoms with Crippen molar-refractivity contribution in [2.24, 2.45) is 0 Å². The van der Waals surface area contributed by atoms with Crippen LogP contribution in [0.2, 0.25) is 0 Å². The number of aromatic nitrogens is 2. The van der Waals surface area contributed by atoms with Crippen LogP contribution in [-0.4, -0.2) is 22.6 Å². The number of hydrogen-bond donors (Lipinski definition) is 1. The summed E-state index contributed by atoms with van der Waals surface area (Å²) in [7, 11) is 0. The van der Waals surface area contributed by atoms with Gasteiger partial charge in [-0.3, -0.25) is 0 Å². The number of nitrogen functional groups attached to an aromatic ring is 1. The average Bonchev–Trinajstić information content (AvgIpc) is 2.55. The van der Waals surface area contributed by atoms with Gasteiger partial charge in [0.15, 0.2) is 0 Å². The highest BCUT2D eigenvalue weighted by atomic mass is 15.3. The number of nitrogens with two attached hydrogens (primary N) is 1. The molecule has 0 saturated carbocycles. The van der Waals surface area contributed by atoms with E-state index in [4.69, 9.17) is 5.73 Å². The van der Waals surface area contributed by atoms with Gasteiger partial charge in [-0.1, -0.05) is 19.8 Å². The van der Waals surface area contributed by atoms with Gasteiger partial charge in [0.2, 0.25) is 5.95 Å². The zero-order valence-electron chi connectivity index (χ0n) is 9.89. The molecule has 88 valence electrons. The molecule has 1 aliphatic rings. The van der Waals surface area contributed by atoms with E-state index in [2.05, 4.69) is 21.8 Å². The number of rotatable bonds is 2. The lowest BCUT2D eigenvalue weighted by atomic mass is 10.1. The van der Waals surface area contributed by atoms with Gasteiger partial charge in [0.05, 0.1) is 18.1 Å². The van der Waals surface area contributed by atoms with Crippen molar-refractivity contribution in [2.75, 3.05) is 17.2 Å². The maximum atomic E-state index is 5.61. The Balaban J connectivity index is 2.18. The molecule has 2 rings (SSSR count). The van der Waals surface area contributed by atoms with Crippen LogP contribution >= 0.6 is 0 Å². The van der Waals surface area contributed by atoms with Crippen molar-refractivity contribution in [3.63, 3.8) is 0 Å². The number of hydrogen-bond acceptors (Lipinski definition) is 4. The van der Waals surface area contributed by atoms with Crippen LogP contribution in [0, 0.1) is 0 Å². The summed E-state index contributed by atoms with van der Waals surface area (Å²) >= 11 is 0. The van der Waals surface area contributed by atoms with Crippen LogP contribution in [0.1, 0.15) is 39.0 Å². The zero-order valence-corrected chi connectivity index (χ0v) is 9.89. The van der Waals surface area contributed by atoms with Crippen molar-refractivity contribution in [2.45, 2.75) is 45.1 Å². The molecular formula is C12H20N4. The molecule has 4 nitrogen and oxygen atoms in total.